The lowest BCUT2D eigenvalue weighted by Crippen LogP contribution is -2.33. The van der Waals surface area contributed by atoms with Crippen LogP contribution < -0.4 is 4.90 Å². The summed E-state index contributed by atoms with van der Waals surface area (Å²) in [5.41, 5.74) is 1.74. The molecule has 6 nitrogen and oxygen atoms in total. The summed E-state index contributed by atoms with van der Waals surface area (Å²) in [6, 6.07) is 11.1. The number of urea groups is 1. The Balaban J connectivity index is 1.79. The smallest absolute Gasteiger partial charge is 0.332 e. The highest BCUT2D eigenvalue weighted by atomic mass is 19.1. The van der Waals surface area contributed by atoms with Crippen molar-refractivity contribution in [2.75, 3.05) is 19.0 Å². The van der Waals surface area contributed by atoms with Gasteiger partial charge in [-0.05, 0) is 48.9 Å². The van der Waals surface area contributed by atoms with Gasteiger partial charge in [-0.2, -0.15) is 0 Å². The Bertz CT molecular complexity index is 878. The van der Waals surface area contributed by atoms with Crippen molar-refractivity contribution >= 4 is 23.5 Å². The number of halogens is 1. The lowest BCUT2D eigenvalue weighted by molar-refractivity contribution is -0.127. The predicted octanol–water partition coefficient (Wildman–Crippen LogP) is 2.88. The maximum atomic E-state index is 13.1. The number of anilines is 1. The maximum absolute atomic E-state index is 13.1. The molecular weight excluding hydrogens is 349 g/mol. The molecule has 2 aromatic carbocycles. The molecule has 3 rings (SSSR count). The van der Waals surface area contributed by atoms with Crippen LogP contribution in [0.1, 0.15) is 22.8 Å². The van der Waals surface area contributed by atoms with Gasteiger partial charge in [-0.3, -0.25) is 19.4 Å². The summed E-state index contributed by atoms with van der Waals surface area (Å²) in [6.45, 7) is 1.75. The first-order chi connectivity index (χ1) is 12.8. The quantitative estimate of drug-likeness (QED) is 0.779. The first kappa shape index (κ1) is 18.6. The third kappa shape index (κ3) is 3.53. The van der Waals surface area contributed by atoms with Gasteiger partial charge in [0.05, 0.1) is 6.54 Å². The molecular formula is C20H20FN3O3. The molecule has 0 aromatic heterocycles. The minimum absolute atomic E-state index is 0.107. The van der Waals surface area contributed by atoms with Gasteiger partial charge >= 0.3 is 6.03 Å². The number of carbonyl (C=O) groups excluding carboxylic acids is 3. The fourth-order valence-electron chi connectivity index (χ4n) is 3.00. The number of amides is 4. The molecule has 2 aromatic rings. The fourth-order valence-corrected chi connectivity index (χ4v) is 3.00. The van der Waals surface area contributed by atoms with E-state index in [1.165, 1.54) is 34.1 Å². The van der Waals surface area contributed by atoms with Crippen LogP contribution in [-0.2, 0) is 11.3 Å². The van der Waals surface area contributed by atoms with Crippen LogP contribution in [0.5, 0.6) is 0 Å². The van der Waals surface area contributed by atoms with E-state index in [2.05, 4.69) is 0 Å². The number of imide groups is 1. The fraction of sp³-hybridized carbons (Fsp3) is 0.250. The van der Waals surface area contributed by atoms with Crippen molar-refractivity contribution in [2.45, 2.75) is 19.5 Å². The SMILES string of the molecule is CC1C(=O)N(Cc2ccc(C(=O)N(C)C)cc2)C(=O)N1c1ccc(F)cc1. The summed E-state index contributed by atoms with van der Waals surface area (Å²) in [5, 5.41) is 0. The molecule has 1 fully saturated rings. The van der Waals surface area contributed by atoms with Crippen LogP contribution in [0.3, 0.4) is 0 Å². The molecule has 4 amide bonds. The van der Waals surface area contributed by atoms with Crippen LogP contribution >= 0.6 is 0 Å². The molecule has 0 N–H and O–H groups in total. The first-order valence-electron chi connectivity index (χ1n) is 8.50. The topological polar surface area (TPSA) is 60.9 Å². The monoisotopic (exact) mass is 369 g/mol. The molecule has 0 aliphatic carbocycles. The molecule has 140 valence electrons. The predicted molar refractivity (Wildman–Crippen MR) is 98.7 cm³/mol. The average molecular weight is 369 g/mol. The molecule has 0 spiro atoms. The van der Waals surface area contributed by atoms with Crippen molar-refractivity contribution in [3.63, 3.8) is 0 Å². The highest BCUT2D eigenvalue weighted by molar-refractivity contribution is 6.14. The molecule has 0 radical (unpaired) electrons. The Morgan fingerprint density at radius 2 is 1.63 bits per heavy atom. The van der Waals surface area contributed by atoms with E-state index in [9.17, 15) is 18.8 Å². The Hall–Kier alpha value is -3.22. The van der Waals surface area contributed by atoms with E-state index in [1.807, 2.05) is 0 Å². The minimum atomic E-state index is -0.669. The molecule has 0 bridgehead atoms. The molecule has 1 unspecified atom stereocenters. The summed E-state index contributed by atoms with van der Waals surface area (Å²) in [4.78, 5) is 41.3. The van der Waals surface area contributed by atoms with Crippen molar-refractivity contribution in [3.8, 4) is 0 Å². The highest BCUT2D eigenvalue weighted by Gasteiger charge is 2.43. The van der Waals surface area contributed by atoms with Crippen LogP contribution in [0.2, 0.25) is 0 Å². The molecule has 1 aliphatic rings. The normalized spacial score (nSPS) is 16.8. The van der Waals surface area contributed by atoms with Crippen LogP contribution in [0.4, 0.5) is 14.9 Å². The Morgan fingerprint density at radius 3 is 2.19 bits per heavy atom. The summed E-state index contributed by atoms with van der Waals surface area (Å²) in [7, 11) is 3.34. The Morgan fingerprint density at radius 1 is 1.04 bits per heavy atom. The van der Waals surface area contributed by atoms with E-state index in [0.717, 1.165) is 10.5 Å². The minimum Gasteiger partial charge on any atom is -0.345 e. The van der Waals surface area contributed by atoms with E-state index in [1.54, 1.807) is 45.3 Å². The lowest BCUT2D eigenvalue weighted by Gasteiger charge is -2.19. The second-order valence-electron chi connectivity index (χ2n) is 6.63. The van der Waals surface area contributed by atoms with Gasteiger partial charge < -0.3 is 4.90 Å². The van der Waals surface area contributed by atoms with E-state index in [4.69, 9.17) is 0 Å². The Labute approximate surface area is 156 Å². The van der Waals surface area contributed by atoms with E-state index < -0.39 is 17.9 Å². The highest BCUT2D eigenvalue weighted by Crippen LogP contribution is 2.27. The summed E-state index contributed by atoms with van der Waals surface area (Å²) < 4.78 is 13.1. The number of hydrogen-bond acceptors (Lipinski definition) is 3. The maximum Gasteiger partial charge on any atom is 0.332 e. The second kappa shape index (κ2) is 7.19. The van der Waals surface area contributed by atoms with Gasteiger partial charge in [-0.25, -0.2) is 9.18 Å². The van der Waals surface area contributed by atoms with Gasteiger partial charge in [0.1, 0.15) is 11.9 Å². The molecule has 27 heavy (non-hydrogen) atoms. The van der Waals surface area contributed by atoms with Gasteiger partial charge in [-0.15, -0.1) is 0 Å². The van der Waals surface area contributed by atoms with Crippen molar-refractivity contribution in [2.24, 2.45) is 0 Å². The van der Waals surface area contributed by atoms with Crippen LogP contribution in [0, 0.1) is 5.82 Å². The van der Waals surface area contributed by atoms with Crippen molar-refractivity contribution in [3.05, 3.63) is 65.5 Å². The third-order valence-corrected chi connectivity index (χ3v) is 4.50. The second-order valence-corrected chi connectivity index (χ2v) is 6.63. The van der Waals surface area contributed by atoms with Crippen LogP contribution in [-0.4, -0.2) is 47.8 Å². The number of benzene rings is 2. The number of nitrogens with zero attached hydrogens (tertiary/aromatic N) is 3. The standard InChI is InChI=1S/C20H20FN3O3/c1-13-18(25)23(20(27)24(13)17-10-8-16(21)9-11-17)12-14-4-6-15(7-5-14)19(26)22(2)3/h4-11,13H,12H2,1-3H3. The largest absolute Gasteiger partial charge is 0.345 e. The Kier molecular flexibility index (Phi) is 4.94. The van der Waals surface area contributed by atoms with Gasteiger partial charge in [0.2, 0.25) is 0 Å². The zero-order valence-corrected chi connectivity index (χ0v) is 15.3. The van der Waals surface area contributed by atoms with E-state index in [0.29, 0.717) is 11.3 Å². The zero-order chi connectivity index (χ0) is 19.7. The number of carbonyl (C=O) groups is 3. The van der Waals surface area contributed by atoms with Crippen molar-refractivity contribution in [1.82, 2.24) is 9.80 Å². The van der Waals surface area contributed by atoms with Gasteiger partial charge in [0.15, 0.2) is 0 Å². The summed E-state index contributed by atoms with van der Waals surface area (Å²) in [6.07, 6.45) is 0. The zero-order valence-electron chi connectivity index (χ0n) is 15.3. The van der Waals surface area contributed by atoms with Crippen LogP contribution in [0.25, 0.3) is 0 Å². The average Bonchev–Trinajstić information content (AvgIpc) is 2.86. The molecule has 1 aliphatic heterocycles. The molecule has 1 atom stereocenters. The van der Waals surface area contributed by atoms with Gasteiger partial charge in [0.25, 0.3) is 11.8 Å². The lowest BCUT2D eigenvalue weighted by atomic mass is 10.1. The summed E-state index contributed by atoms with van der Waals surface area (Å²) in [5.74, 6) is -0.850. The van der Waals surface area contributed by atoms with Gasteiger partial charge in [-0.1, -0.05) is 12.1 Å². The molecule has 1 heterocycles. The number of rotatable bonds is 4. The van der Waals surface area contributed by atoms with Gasteiger partial charge in [0, 0.05) is 25.3 Å². The number of hydrogen-bond donors (Lipinski definition) is 0. The summed E-state index contributed by atoms with van der Waals surface area (Å²) >= 11 is 0. The van der Waals surface area contributed by atoms with Crippen LogP contribution in [0.15, 0.2) is 48.5 Å². The molecule has 7 heteroatoms. The molecule has 1 saturated heterocycles. The van der Waals surface area contributed by atoms with Crippen molar-refractivity contribution in [1.29, 1.82) is 0 Å². The van der Waals surface area contributed by atoms with E-state index >= 15 is 0 Å². The molecule has 0 saturated carbocycles. The van der Waals surface area contributed by atoms with Crippen molar-refractivity contribution < 1.29 is 18.8 Å². The van der Waals surface area contributed by atoms with E-state index in [-0.39, 0.29) is 18.4 Å². The third-order valence-electron chi connectivity index (χ3n) is 4.50. The first-order valence-corrected chi connectivity index (χ1v) is 8.50.